The van der Waals surface area contributed by atoms with Gasteiger partial charge in [0.1, 0.15) is 5.75 Å². The molecule has 0 aliphatic carbocycles. The molecule has 1 N–H and O–H groups in total. The van der Waals surface area contributed by atoms with Crippen LogP contribution in [-0.4, -0.2) is 13.7 Å². The van der Waals surface area contributed by atoms with E-state index >= 15 is 0 Å². The van der Waals surface area contributed by atoms with Gasteiger partial charge in [-0.1, -0.05) is 29.8 Å². The summed E-state index contributed by atoms with van der Waals surface area (Å²) in [7, 11) is 1.95. The normalized spacial score (nSPS) is 12.2. The summed E-state index contributed by atoms with van der Waals surface area (Å²) in [5.74, 6) is 0.895. The third kappa shape index (κ3) is 3.65. The molecule has 0 aliphatic rings. The molecule has 0 fully saturated rings. The first-order valence-corrected chi connectivity index (χ1v) is 7.96. The Bertz CT molecular complexity index is 571. The standard InChI is InChI=1S/C16H17ClINO/c1-3-20-13-7-4-11(5-8-13)16(19-2)12-6-9-15(18)14(17)10-12/h4-10,16,19H,3H2,1-2H3. The lowest BCUT2D eigenvalue weighted by atomic mass is 9.99. The van der Waals surface area contributed by atoms with E-state index in [4.69, 9.17) is 16.3 Å². The van der Waals surface area contributed by atoms with Gasteiger partial charge in [-0.25, -0.2) is 0 Å². The molecule has 1 atom stereocenters. The highest BCUT2D eigenvalue weighted by molar-refractivity contribution is 14.1. The van der Waals surface area contributed by atoms with Gasteiger partial charge in [0.25, 0.3) is 0 Å². The Morgan fingerprint density at radius 3 is 2.35 bits per heavy atom. The zero-order valence-corrected chi connectivity index (χ0v) is 14.4. The molecule has 0 spiro atoms. The van der Waals surface area contributed by atoms with Crippen molar-refractivity contribution in [3.63, 3.8) is 0 Å². The number of hydrogen-bond donors (Lipinski definition) is 1. The van der Waals surface area contributed by atoms with Crippen LogP contribution in [0.3, 0.4) is 0 Å². The van der Waals surface area contributed by atoms with Gasteiger partial charge in [-0.3, -0.25) is 0 Å². The Labute approximate surface area is 138 Å². The van der Waals surface area contributed by atoms with Gasteiger partial charge in [0.05, 0.1) is 17.7 Å². The summed E-state index contributed by atoms with van der Waals surface area (Å²) in [6.45, 7) is 2.67. The van der Waals surface area contributed by atoms with Crippen LogP contribution in [0, 0.1) is 3.57 Å². The average molecular weight is 402 g/mol. The number of rotatable bonds is 5. The van der Waals surface area contributed by atoms with Crippen LogP contribution >= 0.6 is 34.2 Å². The molecule has 2 nitrogen and oxygen atoms in total. The van der Waals surface area contributed by atoms with Crippen molar-refractivity contribution < 1.29 is 4.74 Å². The van der Waals surface area contributed by atoms with Crippen LogP contribution in [0.1, 0.15) is 24.1 Å². The highest BCUT2D eigenvalue weighted by Gasteiger charge is 2.13. The third-order valence-corrected chi connectivity index (χ3v) is 4.66. The maximum Gasteiger partial charge on any atom is 0.119 e. The Morgan fingerprint density at radius 2 is 1.80 bits per heavy atom. The van der Waals surface area contributed by atoms with Crippen molar-refractivity contribution >= 4 is 34.2 Å². The molecule has 0 aromatic heterocycles. The molecule has 0 bridgehead atoms. The molecular weight excluding hydrogens is 385 g/mol. The fourth-order valence-electron chi connectivity index (χ4n) is 2.14. The van der Waals surface area contributed by atoms with Crippen LogP contribution in [0.25, 0.3) is 0 Å². The number of hydrogen-bond acceptors (Lipinski definition) is 2. The summed E-state index contributed by atoms with van der Waals surface area (Å²) in [4.78, 5) is 0. The lowest BCUT2D eigenvalue weighted by Gasteiger charge is -2.18. The van der Waals surface area contributed by atoms with Gasteiger partial charge in [-0.05, 0) is 72.0 Å². The lowest BCUT2D eigenvalue weighted by Crippen LogP contribution is -2.17. The molecular formula is C16H17ClINO. The fourth-order valence-corrected chi connectivity index (χ4v) is 2.67. The van der Waals surface area contributed by atoms with Crippen LogP contribution in [0.15, 0.2) is 42.5 Å². The number of ether oxygens (including phenoxy) is 1. The van der Waals surface area contributed by atoms with Gasteiger partial charge in [0, 0.05) is 3.57 Å². The van der Waals surface area contributed by atoms with E-state index in [9.17, 15) is 0 Å². The molecule has 0 heterocycles. The third-order valence-electron chi connectivity index (χ3n) is 3.09. The highest BCUT2D eigenvalue weighted by Crippen LogP contribution is 2.28. The minimum atomic E-state index is 0.125. The maximum absolute atomic E-state index is 6.21. The predicted molar refractivity (Wildman–Crippen MR) is 92.7 cm³/mol. The molecule has 0 radical (unpaired) electrons. The first-order chi connectivity index (χ1) is 9.65. The minimum absolute atomic E-state index is 0.125. The Balaban J connectivity index is 2.29. The van der Waals surface area contributed by atoms with Gasteiger partial charge >= 0.3 is 0 Å². The van der Waals surface area contributed by atoms with E-state index < -0.39 is 0 Å². The molecule has 106 valence electrons. The quantitative estimate of drug-likeness (QED) is 0.736. The van der Waals surface area contributed by atoms with Crippen LogP contribution in [0.4, 0.5) is 0 Å². The molecule has 2 aromatic rings. The zero-order chi connectivity index (χ0) is 14.5. The zero-order valence-electron chi connectivity index (χ0n) is 11.5. The molecule has 4 heteroatoms. The van der Waals surface area contributed by atoms with Crippen LogP contribution in [0.2, 0.25) is 5.02 Å². The van der Waals surface area contributed by atoms with E-state index in [2.05, 4.69) is 46.1 Å². The summed E-state index contributed by atoms with van der Waals surface area (Å²) in [6.07, 6.45) is 0. The minimum Gasteiger partial charge on any atom is -0.494 e. The molecule has 0 aliphatic heterocycles. The number of benzene rings is 2. The summed E-state index contributed by atoms with van der Waals surface area (Å²) in [5, 5.41) is 4.12. The fraction of sp³-hybridized carbons (Fsp3) is 0.250. The van der Waals surface area contributed by atoms with Crippen molar-refractivity contribution in [1.82, 2.24) is 5.32 Å². The molecule has 0 saturated heterocycles. The summed E-state index contributed by atoms with van der Waals surface area (Å²) < 4.78 is 6.54. The van der Waals surface area contributed by atoms with Gasteiger partial charge in [-0.2, -0.15) is 0 Å². The second kappa shape index (κ2) is 7.29. The average Bonchev–Trinajstić information content (AvgIpc) is 2.46. The van der Waals surface area contributed by atoms with Gasteiger partial charge in [-0.15, -0.1) is 0 Å². The monoisotopic (exact) mass is 401 g/mol. The molecule has 0 saturated carbocycles. The van der Waals surface area contributed by atoms with Crippen molar-refractivity contribution in [2.75, 3.05) is 13.7 Å². The number of halogens is 2. The Hall–Kier alpha value is -0.780. The van der Waals surface area contributed by atoms with Gasteiger partial charge in [0.15, 0.2) is 0 Å². The second-order valence-electron chi connectivity index (χ2n) is 4.40. The molecule has 2 rings (SSSR count). The highest BCUT2D eigenvalue weighted by atomic mass is 127. The van der Waals surface area contributed by atoms with E-state index in [0.29, 0.717) is 6.61 Å². The predicted octanol–water partition coefficient (Wildman–Crippen LogP) is 4.65. The second-order valence-corrected chi connectivity index (χ2v) is 5.97. The lowest BCUT2D eigenvalue weighted by molar-refractivity contribution is 0.340. The molecule has 20 heavy (non-hydrogen) atoms. The van der Waals surface area contributed by atoms with E-state index in [1.165, 1.54) is 5.56 Å². The van der Waals surface area contributed by atoms with Crippen LogP contribution < -0.4 is 10.1 Å². The molecule has 1 unspecified atom stereocenters. The van der Waals surface area contributed by atoms with Crippen molar-refractivity contribution in [2.24, 2.45) is 0 Å². The van der Waals surface area contributed by atoms with Gasteiger partial charge < -0.3 is 10.1 Å². The summed E-state index contributed by atoms with van der Waals surface area (Å²) in [5.41, 5.74) is 2.34. The summed E-state index contributed by atoms with van der Waals surface area (Å²) in [6, 6.07) is 14.4. The smallest absolute Gasteiger partial charge is 0.119 e. The van der Waals surface area contributed by atoms with E-state index in [1.54, 1.807) is 0 Å². The van der Waals surface area contributed by atoms with Gasteiger partial charge in [0.2, 0.25) is 0 Å². The largest absolute Gasteiger partial charge is 0.494 e. The molecule has 2 aromatic carbocycles. The molecule has 0 amide bonds. The van der Waals surface area contributed by atoms with Crippen molar-refractivity contribution in [1.29, 1.82) is 0 Å². The van der Waals surface area contributed by atoms with Crippen LogP contribution in [-0.2, 0) is 0 Å². The topological polar surface area (TPSA) is 21.3 Å². The Morgan fingerprint density at radius 1 is 1.15 bits per heavy atom. The van der Waals surface area contributed by atoms with E-state index in [0.717, 1.165) is 19.9 Å². The van der Waals surface area contributed by atoms with Crippen molar-refractivity contribution in [2.45, 2.75) is 13.0 Å². The number of nitrogens with one attached hydrogen (secondary N) is 1. The summed E-state index contributed by atoms with van der Waals surface area (Å²) >= 11 is 8.45. The van der Waals surface area contributed by atoms with E-state index in [1.807, 2.05) is 38.2 Å². The van der Waals surface area contributed by atoms with E-state index in [-0.39, 0.29) is 6.04 Å². The van der Waals surface area contributed by atoms with Crippen LogP contribution in [0.5, 0.6) is 5.75 Å². The first kappa shape index (κ1) is 15.6. The van der Waals surface area contributed by atoms with Crippen molar-refractivity contribution in [3.05, 3.63) is 62.2 Å². The first-order valence-electron chi connectivity index (χ1n) is 6.50. The Kier molecular flexibility index (Phi) is 5.69. The SMILES string of the molecule is CCOc1ccc(C(NC)c2ccc(I)c(Cl)c2)cc1. The maximum atomic E-state index is 6.21. The van der Waals surface area contributed by atoms with Crippen molar-refractivity contribution in [3.8, 4) is 5.75 Å².